The molecule has 0 spiro atoms. The molecule has 4 heteroatoms. The molecule has 132 valence electrons. The second kappa shape index (κ2) is 7.04. The van der Waals surface area contributed by atoms with E-state index in [0.29, 0.717) is 0 Å². The van der Waals surface area contributed by atoms with Gasteiger partial charge in [0.2, 0.25) is 0 Å². The Morgan fingerprint density at radius 2 is 2.00 bits per heavy atom. The molecule has 0 amide bonds. The summed E-state index contributed by atoms with van der Waals surface area (Å²) in [5, 5.41) is 3.57. The van der Waals surface area contributed by atoms with Crippen LogP contribution in [0.4, 0.5) is 11.4 Å². The van der Waals surface area contributed by atoms with Gasteiger partial charge in [0.05, 0.1) is 11.4 Å². The topological polar surface area (TPSA) is 41.6 Å². The highest BCUT2D eigenvalue weighted by Crippen LogP contribution is 2.36. The van der Waals surface area contributed by atoms with Gasteiger partial charge in [-0.15, -0.1) is 0 Å². The summed E-state index contributed by atoms with van der Waals surface area (Å²) >= 11 is 0. The lowest BCUT2D eigenvalue weighted by Crippen LogP contribution is -2.54. The molecule has 1 aliphatic heterocycles. The molecule has 1 saturated carbocycles. The van der Waals surface area contributed by atoms with Gasteiger partial charge in [0.1, 0.15) is 12.1 Å². The molecule has 1 fully saturated rings. The number of rotatable bonds is 4. The zero-order chi connectivity index (χ0) is 17.2. The van der Waals surface area contributed by atoms with Gasteiger partial charge in [0.25, 0.3) is 0 Å². The van der Waals surface area contributed by atoms with E-state index >= 15 is 0 Å². The summed E-state index contributed by atoms with van der Waals surface area (Å²) in [5.41, 5.74) is 2.12. The maximum absolute atomic E-state index is 12.9. The minimum Gasteiger partial charge on any atom is -0.461 e. The van der Waals surface area contributed by atoms with Gasteiger partial charge in [0.15, 0.2) is 0 Å². The standard InChI is InChI=1S/C20H30N2O2/c1-4-17(19(23)24-15-10-6-5-7-11-15)22-14-20(2,3)21-16-12-8-9-13-18(16)22/h8-9,12-13,15,17,21H,4-7,10-11,14H2,1-3H3. The molecule has 24 heavy (non-hydrogen) atoms. The molecule has 0 bridgehead atoms. The van der Waals surface area contributed by atoms with Crippen LogP contribution in [0.15, 0.2) is 24.3 Å². The minimum atomic E-state index is -0.213. The van der Waals surface area contributed by atoms with Crippen molar-refractivity contribution in [1.82, 2.24) is 0 Å². The van der Waals surface area contributed by atoms with E-state index in [2.05, 4.69) is 43.1 Å². The Labute approximate surface area is 145 Å². The van der Waals surface area contributed by atoms with Crippen LogP contribution in [0.2, 0.25) is 0 Å². The quantitative estimate of drug-likeness (QED) is 0.833. The second-order valence-electron chi connectivity index (χ2n) is 7.77. The molecule has 0 saturated heterocycles. The minimum absolute atomic E-state index is 0.0584. The summed E-state index contributed by atoms with van der Waals surface area (Å²) in [7, 11) is 0. The molecule has 1 aliphatic carbocycles. The first kappa shape index (κ1) is 17.1. The van der Waals surface area contributed by atoms with Crippen molar-refractivity contribution in [3.05, 3.63) is 24.3 Å². The van der Waals surface area contributed by atoms with Crippen LogP contribution in [-0.2, 0) is 9.53 Å². The number of para-hydroxylation sites is 2. The van der Waals surface area contributed by atoms with E-state index in [4.69, 9.17) is 4.74 Å². The Hall–Kier alpha value is -1.71. The molecule has 2 aliphatic rings. The van der Waals surface area contributed by atoms with Crippen LogP contribution in [0.25, 0.3) is 0 Å². The molecule has 4 nitrogen and oxygen atoms in total. The van der Waals surface area contributed by atoms with Crippen LogP contribution in [0.1, 0.15) is 59.3 Å². The van der Waals surface area contributed by atoms with Gasteiger partial charge in [-0.25, -0.2) is 4.79 Å². The number of anilines is 2. The number of carbonyl (C=O) groups is 1. The van der Waals surface area contributed by atoms with E-state index in [1.165, 1.54) is 19.3 Å². The Morgan fingerprint density at radius 3 is 2.71 bits per heavy atom. The number of hydrogen-bond acceptors (Lipinski definition) is 4. The summed E-state index contributed by atoms with van der Waals surface area (Å²) in [6.45, 7) is 7.22. The van der Waals surface area contributed by atoms with Crippen molar-refractivity contribution in [2.75, 3.05) is 16.8 Å². The first-order valence-corrected chi connectivity index (χ1v) is 9.34. The highest BCUT2D eigenvalue weighted by Gasteiger charge is 2.36. The van der Waals surface area contributed by atoms with Crippen LogP contribution in [-0.4, -0.2) is 30.2 Å². The van der Waals surface area contributed by atoms with Crippen molar-refractivity contribution in [2.45, 2.75) is 77.0 Å². The molecule has 1 aromatic rings. The molecular weight excluding hydrogens is 300 g/mol. The molecule has 1 unspecified atom stereocenters. The van der Waals surface area contributed by atoms with E-state index in [0.717, 1.165) is 37.2 Å². The van der Waals surface area contributed by atoms with E-state index < -0.39 is 0 Å². The van der Waals surface area contributed by atoms with E-state index in [1.807, 2.05) is 12.1 Å². The van der Waals surface area contributed by atoms with Gasteiger partial charge >= 0.3 is 5.97 Å². The number of benzene rings is 1. The zero-order valence-electron chi connectivity index (χ0n) is 15.2. The van der Waals surface area contributed by atoms with E-state index in [9.17, 15) is 4.79 Å². The maximum atomic E-state index is 12.9. The van der Waals surface area contributed by atoms with Crippen LogP contribution in [0.5, 0.6) is 0 Å². The Morgan fingerprint density at radius 1 is 1.29 bits per heavy atom. The number of esters is 1. The number of hydrogen-bond donors (Lipinski definition) is 1. The molecule has 1 atom stereocenters. The van der Waals surface area contributed by atoms with Crippen molar-refractivity contribution < 1.29 is 9.53 Å². The third-order valence-electron chi connectivity index (χ3n) is 5.12. The maximum Gasteiger partial charge on any atom is 0.329 e. The largest absolute Gasteiger partial charge is 0.461 e. The third kappa shape index (κ3) is 3.68. The van der Waals surface area contributed by atoms with E-state index in [-0.39, 0.29) is 23.7 Å². The van der Waals surface area contributed by atoms with Crippen molar-refractivity contribution >= 4 is 17.3 Å². The Kier molecular flexibility index (Phi) is 5.02. The van der Waals surface area contributed by atoms with Gasteiger partial charge in [-0.2, -0.15) is 0 Å². The molecule has 1 heterocycles. The van der Waals surface area contributed by atoms with Gasteiger partial charge in [0, 0.05) is 12.1 Å². The fraction of sp³-hybridized carbons (Fsp3) is 0.650. The smallest absolute Gasteiger partial charge is 0.329 e. The predicted molar refractivity (Wildman–Crippen MR) is 98.5 cm³/mol. The molecule has 0 radical (unpaired) electrons. The average molecular weight is 330 g/mol. The number of carbonyl (C=O) groups excluding carboxylic acids is 1. The summed E-state index contributed by atoms with van der Waals surface area (Å²) in [5.74, 6) is -0.0584. The number of fused-ring (bicyclic) bond motifs is 1. The first-order valence-electron chi connectivity index (χ1n) is 9.34. The number of nitrogens with one attached hydrogen (secondary N) is 1. The molecule has 0 aromatic heterocycles. The fourth-order valence-electron chi connectivity index (χ4n) is 3.96. The predicted octanol–water partition coefficient (Wildman–Crippen LogP) is 4.35. The molecule has 1 N–H and O–H groups in total. The lowest BCUT2D eigenvalue weighted by molar-refractivity contribution is -0.152. The van der Waals surface area contributed by atoms with Crippen molar-refractivity contribution in [2.24, 2.45) is 0 Å². The van der Waals surface area contributed by atoms with Crippen LogP contribution in [0, 0.1) is 0 Å². The highest BCUT2D eigenvalue weighted by molar-refractivity contribution is 5.84. The summed E-state index contributed by atoms with van der Waals surface area (Å²) < 4.78 is 5.88. The lowest BCUT2D eigenvalue weighted by Gasteiger charge is -2.45. The van der Waals surface area contributed by atoms with Crippen molar-refractivity contribution in [1.29, 1.82) is 0 Å². The highest BCUT2D eigenvalue weighted by atomic mass is 16.5. The first-order chi connectivity index (χ1) is 11.5. The molecular formula is C20H30N2O2. The Balaban J connectivity index is 1.80. The van der Waals surface area contributed by atoms with Crippen molar-refractivity contribution in [3.8, 4) is 0 Å². The average Bonchev–Trinajstić information content (AvgIpc) is 2.55. The van der Waals surface area contributed by atoms with E-state index in [1.54, 1.807) is 0 Å². The summed E-state index contributed by atoms with van der Waals surface area (Å²) in [4.78, 5) is 15.1. The zero-order valence-corrected chi connectivity index (χ0v) is 15.2. The van der Waals surface area contributed by atoms with Gasteiger partial charge in [-0.1, -0.05) is 25.5 Å². The third-order valence-corrected chi connectivity index (χ3v) is 5.12. The molecule has 1 aromatic carbocycles. The van der Waals surface area contributed by atoms with Crippen LogP contribution in [0.3, 0.4) is 0 Å². The van der Waals surface area contributed by atoms with Crippen LogP contribution >= 0.6 is 0 Å². The number of ether oxygens (including phenoxy) is 1. The van der Waals surface area contributed by atoms with Gasteiger partial charge in [-0.05, 0) is 58.1 Å². The summed E-state index contributed by atoms with van der Waals surface area (Å²) in [6.07, 6.45) is 6.54. The lowest BCUT2D eigenvalue weighted by atomic mass is 9.96. The SMILES string of the molecule is CCC(C(=O)OC1CCCCC1)N1CC(C)(C)Nc2ccccc21. The monoisotopic (exact) mass is 330 g/mol. The summed E-state index contributed by atoms with van der Waals surface area (Å²) in [6, 6.07) is 8.03. The van der Waals surface area contributed by atoms with Gasteiger partial charge < -0.3 is 15.0 Å². The second-order valence-corrected chi connectivity index (χ2v) is 7.77. The normalized spacial score (nSPS) is 21.5. The van der Waals surface area contributed by atoms with Crippen molar-refractivity contribution in [3.63, 3.8) is 0 Å². The van der Waals surface area contributed by atoms with Gasteiger partial charge in [-0.3, -0.25) is 0 Å². The van der Waals surface area contributed by atoms with Crippen LogP contribution < -0.4 is 10.2 Å². The number of nitrogens with zero attached hydrogens (tertiary/aromatic N) is 1. The fourth-order valence-corrected chi connectivity index (χ4v) is 3.96. The Bertz CT molecular complexity index is 579. The molecule has 3 rings (SSSR count).